The third-order valence-electron chi connectivity index (χ3n) is 4.30. The van der Waals surface area contributed by atoms with Gasteiger partial charge in [0.15, 0.2) is 5.82 Å². The molecule has 148 valence electrons. The Morgan fingerprint density at radius 1 is 1.10 bits per heavy atom. The first kappa shape index (κ1) is 19.4. The second kappa shape index (κ2) is 8.62. The fourth-order valence-electron chi connectivity index (χ4n) is 2.94. The van der Waals surface area contributed by atoms with Gasteiger partial charge in [0, 0.05) is 17.2 Å². The van der Waals surface area contributed by atoms with Crippen molar-refractivity contribution in [1.82, 2.24) is 9.97 Å². The molecule has 0 saturated carbocycles. The fourth-order valence-corrected chi connectivity index (χ4v) is 4.02. The zero-order chi connectivity index (χ0) is 20.9. The molecule has 7 nitrogen and oxygen atoms in total. The summed E-state index contributed by atoms with van der Waals surface area (Å²) in [5, 5.41) is 16.1. The van der Waals surface area contributed by atoms with Crippen molar-refractivity contribution >= 4 is 45.3 Å². The van der Waals surface area contributed by atoms with Gasteiger partial charge >= 0.3 is 0 Å². The van der Waals surface area contributed by atoms with Crippen LogP contribution in [-0.4, -0.2) is 21.1 Å². The molecule has 0 aliphatic rings. The first-order chi connectivity index (χ1) is 14.6. The number of nitro benzene ring substituents is 1. The maximum absolute atomic E-state index is 11.1. The molecule has 0 bridgehead atoms. The van der Waals surface area contributed by atoms with Gasteiger partial charge in [-0.1, -0.05) is 42.5 Å². The number of anilines is 1. The van der Waals surface area contributed by atoms with E-state index in [0.29, 0.717) is 17.2 Å². The molecule has 1 N–H and O–H groups in total. The molecular weight excluding hydrogens is 398 g/mol. The Hall–Kier alpha value is -3.91. The first-order valence-corrected chi connectivity index (χ1v) is 9.96. The van der Waals surface area contributed by atoms with E-state index >= 15 is 0 Å². The number of allylic oxidation sites excluding steroid dienone is 1. The number of fused-ring (bicyclic) bond motifs is 1. The molecule has 2 heterocycles. The van der Waals surface area contributed by atoms with E-state index in [1.54, 1.807) is 41.7 Å². The van der Waals surface area contributed by atoms with E-state index in [4.69, 9.17) is 0 Å². The summed E-state index contributed by atoms with van der Waals surface area (Å²) in [6.07, 6.45) is 4.82. The summed E-state index contributed by atoms with van der Waals surface area (Å²) in [7, 11) is 0. The zero-order valence-corrected chi connectivity index (χ0v) is 16.8. The van der Waals surface area contributed by atoms with E-state index in [1.807, 2.05) is 25.1 Å². The quantitative estimate of drug-likeness (QED) is 0.248. The van der Waals surface area contributed by atoms with E-state index in [-0.39, 0.29) is 5.69 Å². The lowest BCUT2D eigenvalue weighted by atomic mass is 10.2. The number of nitro groups is 1. The Morgan fingerprint density at radius 2 is 1.87 bits per heavy atom. The Balaban J connectivity index is 1.55. The zero-order valence-electron chi connectivity index (χ0n) is 16.0. The average Bonchev–Trinajstić information content (AvgIpc) is 3.18. The summed E-state index contributed by atoms with van der Waals surface area (Å²) in [5.41, 5.74) is 4.65. The summed E-state index contributed by atoms with van der Waals surface area (Å²) in [5.74, 6) is 1.27. The minimum atomic E-state index is -0.406. The van der Waals surface area contributed by atoms with Crippen molar-refractivity contribution in [2.75, 3.05) is 5.43 Å². The van der Waals surface area contributed by atoms with Crippen LogP contribution in [0, 0.1) is 17.0 Å². The summed E-state index contributed by atoms with van der Waals surface area (Å²) in [6.45, 7) is 1.84. The van der Waals surface area contributed by atoms with E-state index < -0.39 is 4.92 Å². The number of hydrogen-bond acceptors (Lipinski definition) is 7. The Bertz CT molecular complexity index is 1270. The van der Waals surface area contributed by atoms with Crippen molar-refractivity contribution in [3.05, 3.63) is 88.2 Å². The standard InChI is InChI=1S/C22H17N5O2S/c1-15-24-21(18-14-20(30-22(18)25-15)17-9-3-2-4-10-17)26-23-13-7-11-16-8-5-6-12-19(16)27(28)29/h2-14H,1H3,(H,24,25,26)/b11-7+,23-13-. The Morgan fingerprint density at radius 3 is 2.67 bits per heavy atom. The Kier molecular flexibility index (Phi) is 5.58. The average molecular weight is 415 g/mol. The number of aryl methyl sites for hydroxylation is 1. The monoisotopic (exact) mass is 415 g/mol. The lowest BCUT2D eigenvalue weighted by Crippen LogP contribution is -1.96. The molecule has 30 heavy (non-hydrogen) atoms. The van der Waals surface area contributed by atoms with E-state index in [9.17, 15) is 10.1 Å². The highest BCUT2D eigenvalue weighted by atomic mass is 32.1. The van der Waals surface area contributed by atoms with Crippen LogP contribution in [0.25, 0.3) is 26.7 Å². The molecule has 4 rings (SSSR count). The highest BCUT2D eigenvalue weighted by Gasteiger charge is 2.11. The van der Waals surface area contributed by atoms with Crippen LogP contribution in [-0.2, 0) is 0 Å². The minimum Gasteiger partial charge on any atom is -0.261 e. The highest BCUT2D eigenvalue weighted by molar-refractivity contribution is 7.21. The molecule has 0 unspecified atom stereocenters. The number of para-hydroxylation sites is 1. The van der Waals surface area contributed by atoms with Gasteiger partial charge in [0.05, 0.1) is 15.9 Å². The van der Waals surface area contributed by atoms with Crippen LogP contribution in [0.3, 0.4) is 0 Å². The number of hydrogen-bond donors (Lipinski definition) is 1. The molecule has 0 aliphatic heterocycles. The second-order valence-corrected chi connectivity index (χ2v) is 7.41. The molecule has 4 aromatic rings. The molecule has 0 amide bonds. The molecule has 0 atom stereocenters. The van der Waals surface area contributed by atoms with Gasteiger partial charge in [0.1, 0.15) is 10.7 Å². The van der Waals surface area contributed by atoms with Gasteiger partial charge in [-0.2, -0.15) is 5.10 Å². The number of benzene rings is 2. The number of rotatable bonds is 6. The fraction of sp³-hybridized carbons (Fsp3) is 0.0455. The third kappa shape index (κ3) is 4.23. The van der Waals surface area contributed by atoms with Crippen LogP contribution in [0.1, 0.15) is 11.4 Å². The maximum atomic E-state index is 11.1. The van der Waals surface area contributed by atoms with Crippen molar-refractivity contribution in [3.63, 3.8) is 0 Å². The van der Waals surface area contributed by atoms with Crippen LogP contribution in [0.4, 0.5) is 11.5 Å². The topological polar surface area (TPSA) is 93.3 Å². The third-order valence-corrected chi connectivity index (χ3v) is 5.38. The van der Waals surface area contributed by atoms with Crippen LogP contribution < -0.4 is 5.43 Å². The molecule has 0 aliphatic carbocycles. The van der Waals surface area contributed by atoms with Crippen molar-refractivity contribution in [3.8, 4) is 10.4 Å². The minimum absolute atomic E-state index is 0.0509. The number of thiophene rings is 1. The van der Waals surface area contributed by atoms with Gasteiger partial charge in [-0.25, -0.2) is 9.97 Å². The molecule has 0 saturated heterocycles. The summed E-state index contributed by atoms with van der Waals surface area (Å²) >= 11 is 1.60. The summed E-state index contributed by atoms with van der Waals surface area (Å²) in [6, 6.07) is 18.7. The van der Waals surface area contributed by atoms with Crippen LogP contribution in [0.15, 0.2) is 71.8 Å². The van der Waals surface area contributed by atoms with Gasteiger partial charge < -0.3 is 0 Å². The van der Waals surface area contributed by atoms with Crippen LogP contribution >= 0.6 is 11.3 Å². The molecule has 2 aromatic carbocycles. The predicted molar refractivity (Wildman–Crippen MR) is 122 cm³/mol. The number of nitrogens with one attached hydrogen (secondary N) is 1. The molecular formula is C22H17N5O2S. The number of hydrazone groups is 1. The van der Waals surface area contributed by atoms with Gasteiger partial charge in [-0.05, 0) is 36.8 Å². The van der Waals surface area contributed by atoms with Crippen molar-refractivity contribution in [1.29, 1.82) is 0 Å². The Labute approximate surface area is 176 Å². The lowest BCUT2D eigenvalue weighted by Gasteiger charge is -2.01. The molecule has 0 radical (unpaired) electrons. The molecule has 0 spiro atoms. The van der Waals surface area contributed by atoms with Gasteiger partial charge in [-0.3, -0.25) is 15.5 Å². The van der Waals surface area contributed by atoms with Gasteiger partial charge in [-0.15, -0.1) is 11.3 Å². The maximum Gasteiger partial charge on any atom is 0.276 e. The van der Waals surface area contributed by atoms with E-state index in [0.717, 1.165) is 20.7 Å². The summed E-state index contributed by atoms with van der Waals surface area (Å²) in [4.78, 5) is 21.6. The van der Waals surface area contributed by atoms with Gasteiger partial charge in [0.25, 0.3) is 5.69 Å². The van der Waals surface area contributed by atoms with Crippen molar-refractivity contribution < 1.29 is 4.92 Å². The van der Waals surface area contributed by atoms with E-state index in [1.165, 1.54) is 12.3 Å². The van der Waals surface area contributed by atoms with Crippen LogP contribution in [0.2, 0.25) is 0 Å². The summed E-state index contributed by atoms with van der Waals surface area (Å²) < 4.78 is 0. The normalized spacial score (nSPS) is 11.5. The van der Waals surface area contributed by atoms with E-state index in [2.05, 4.69) is 38.7 Å². The molecule has 8 heteroatoms. The SMILES string of the molecule is Cc1nc(N/N=C\C=C\c2ccccc2[N+](=O)[O-])c2cc(-c3ccccc3)sc2n1. The molecule has 2 aromatic heterocycles. The van der Waals surface area contributed by atoms with Gasteiger partial charge in [0.2, 0.25) is 0 Å². The van der Waals surface area contributed by atoms with Crippen molar-refractivity contribution in [2.45, 2.75) is 6.92 Å². The first-order valence-electron chi connectivity index (χ1n) is 9.14. The van der Waals surface area contributed by atoms with Crippen LogP contribution in [0.5, 0.6) is 0 Å². The largest absolute Gasteiger partial charge is 0.276 e. The number of nitrogens with zero attached hydrogens (tertiary/aromatic N) is 4. The highest BCUT2D eigenvalue weighted by Crippen LogP contribution is 2.35. The smallest absolute Gasteiger partial charge is 0.261 e. The number of aromatic nitrogens is 2. The molecule has 0 fully saturated rings. The van der Waals surface area contributed by atoms with Crippen molar-refractivity contribution in [2.24, 2.45) is 5.10 Å². The predicted octanol–water partition coefficient (Wildman–Crippen LogP) is 5.69. The second-order valence-electron chi connectivity index (χ2n) is 6.38. The lowest BCUT2D eigenvalue weighted by molar-refractivity contribution is -0.385.